The van der Waals surface area contributed by atoms with E-state index in [1.54, 1.807) is 19.1 Å². The summed E-state index contributed by atoms with van der Waals surface area (Å²) in [4.78, 5) is 23.9. The van der Waals surface area contributed by atoms with Crippen molar-refractivity contribution >= 4 is 11.9 Å². The number of aryl methyl sites for hydroxylation is 2. The second-order valence-corrected chi connectivity index (χ2v) is 5.09. The molecule has 0 bridgehead atoms. The molecule has 1 aromatic carbocycles. The minimum absolute atomic E-state index is 0.284. The molecule has 0 unspecified atom stereocenters. The van der Waals surface area contributed by atoms with Gasteiger partial charge in [-0.05, 0) is 39.3 Å². The average Bonchev–Trinajstić information content (AvgIpc) is 2.35. The first-order chi connectivity index (χ1) is 9.33. The molecule has 0 radical (unpaired) electrons. The van der Waals surface area contributed by atoms with E-state index in [0.29, 0.717) is 12.0 Å². The van der Waals surface area contributed by atoms with Crippen molar-refractivity contribution < 1.29 is 14.3 Å². The predicted octanol–water partition coefficient (Wildman–Crippen LogP) is 2.54. The molecule has 1 amide bonds. The third-order valence-corrected chi connectivity index (χ3v) is 2.83. The highest BCUT2D eigenvalue weighted by molar-refractivity contribution is 5.97. The van der Waals surface area contributed by atoms with E-state index in [2.05, 4.69) is 11.9 Å². The molecule has 0 heterocycles. The molecule has 0 spiro atoms. The third kappa shape index (κ3) is 4.53. The van der Waals surface area contributed by atoms with Crippen LogP contribution in [0.25, 0.3) is 0 Å². The lowest BCUT2D eigenvalue weighted by Gasteiger charge is -2.17. The fourth-order valence-corrected chi connectivity index (χ4v) is 2.03. The Morgan fingerprint density at radius 2 is 1.80 bits per heavy atom. The van der Waals surface area contributed by atoms with Crippen LogP contribution in [-0.2, 0) is 9.53 Å². The van der Waals surface area contributed by atoms with E-state index in [1.165, 1.54) is 7.11 Å². The van der Waals surface area contributed by atoms with Gasteiger partial charge in [-0.25, -0.2) is 4.79 Å². The lowest BCUT2D eigenvalue weighted by atomic mass is 10.1. The number of nitrogens with one attached hydrogen (secondary N) is 1. The normalized spacial score (nSPS) is 11.6. The summed E-state index contributed by atoms with van der Waals surface area (Å²) in [6.07, 6.45) is 0.364. The highest BCUT2D eigenvalue weighted by Gasteiger charge is 2.22. The fourth-order valence-electron chi connectivity index (χ4n) is 2.03. The highest BCUT2D eigenvalue weighted by Crippen LogP contribution is 2.10. The van der Waals surface area contributed by atoms with Gasteiger partial charge in [0.15, 0.2) is 0 Å². The summed E-state index contributed by atoms with van der Waals surface area (Å²) in [7, 11) is 1.30. The average molecular weight is 275 g/mol. The molecule has 1 aromatic rings. The van der Waals surface area contributed by atoms with Crippen LogP contribution in [0.4, 0.5) is 0 Å². The quantitative estimate of drug-likeness (QED) is 0.663. The van der Waals surface area contributed by atoms with E-state index < -0.39 is 12.0 Å². The molecule has 0 aromatic heterocycles. The second kappa shape index (κ2) is 6.89. The summed E-state index contributed by atoms with van der Waals surface area (Å²) in [5.41, 5.74) is 3.36. The second-order valence-electron chi connectivity index (χ2n) is 5.09. The molecule has 4 heteroatoms. The number of carbonyl (C=O) groups excluding carboxylic acids is 2. The smallest absolute Gasteiger partial charge is 0.328 e. The molecule has 0 saturated carbocycles. The first kappa shape index (κ1) is 16.0. The number of ether oxygens (including phenoxy) is 1. The van der Waals surface area contributed by atoms with Crippen molar-refractivity contribution in [1.82, 2.24) is 5.32 Å². The van der Waals surface area contributed by atoms with Gasteiger partial charge in [-0.3, -0.25) is 4.79 Å². The van der Waals surface area contributed by atoms with Gasteiger partial charge in [0.25, 0.3) is 5.91 Å². The molecule has 1 N–H and O–H groups in total. The lowest BCUT2D eigenvalue weighted by molar-refractivity contribution is -0.142. The maximum Gasteiger partial charge on any atom is 0.328 e. The van der Waals surface area contributed by atoms with Gasteiger partial charge in [-0.15, -0.1) is 6.58 Å². The van der Waals surface area contributed by atoms with Crippen LogP contribution in [-0.4, -0.2) is 25.0 Å². The van der Waals surface area contributed by atoms with Crippen LogP contribution in [0.3, 0.4) is 0 Å². The van der Waals surface area contributed by atoms with Gasteiger partial charge in [-0.2, -0.15) is 0 Å². The van der Waals surface area contributed by atoms with Gasteiger partial charge in [0.05, 0.1) is 7.11 Å². The SMILES string of the molecule is C=C(C)C[C@H](NC(=O)c1cc(C)cc(C)c1)C(=O)OC. The molecule has 0 saturated heterocycles. The zero-order valence-corrected chi connectivity index (χ0v) is 12.4. The Kier molecular flexibility index (Phi) is 5.50. The Morgan fingerprint density at radius 1 is 1.25 bits per heavy atom. The molecule has 0 aliphatic heterocycles. The Balaban J connectivity index is 2.89. The summed E-state index contributed by atoms with van der Waals surface area (Å²) in [5, 5.41) is 2.70. The highest BCUT2D eigenvalue weighted by atomic mass is 16.5. The summed E-state index contributed by atoms with van der Waals surface area (Å²) in [6, 6.07) is 4.86. The van der Waals surface area contributed by atoms with Crippen LogP contribution in [0, 0.1) is 13.8 Å². The van der Waals surface area contributed by atoms with Crippen molar-refractivity contribution in [2.45, 2.75) is 33.2 Å². The minimum Gasteiger partial charge on any atom is -0.467 e. The topological polar surface area (TPSA) is 55.4 Å². The zero-order valence-electron chi connectivity index (χ0n) is 12.4. The van der Waals surface area contributed by atoms with Gasteiger partial charge in [0.2, 0.25) is 0 Å². The van der Waals surface area contributed by atoms with E-state index in [0.717, 1.165) is 16.7 Å². The van der Waals surface area contributed by atoms with Gasteiger partial charge < -0.3 is 10.1 Å². The van der Waals surface area contributed by atoms with E-state index in [1.807, 2.05) is 19.9 Å². The van der Waals surface area contributed by atoms with E-state index >= 15 is 0 Å². The van der Waals surface area contributed by atoms with Crippen LogP contribution >= 0.6 is 0 Å². The van der Waals surface area contributed by atoms with Gasteiger partial charge in [0, 0.05) is 5.56 Å². The van der Waals surface area contributed by atoms with Crippen molar-refractivity contribution in [3.05, 3.63) is 47.0 Å². The summed E-state index contributed by atoms with van der Waals surface area (Å²) < 4.78 is 4.70. The molecule has 0 fully saturated rings. The molecule has 1 rings (SSSR count). The van der Waals surface area contributed by atoms with Gasteiger partial charge >= 0.3 is 5.97 Å². The third-order valence-electron chi connectivity index (χ3n) is 2.83. The van der Waals surface area contributed by atoms with Crippen molar-refractivity contribution in [3.63, 3.8) is 0 Å². The number of methoxy groups -OCH3 is 1. The summed E-state index contributed by atoms with van der Waals surface area (Å²) >= 11 is 0. The molecule has 4 nitrogen and oxygen atoms in total. The number of esters is 1. The monoisotopic (exact) mass is 275 g/mol. The van der Waals surface area contributed by atoms with Crippen molar-refractivity contribution in [1.29, 1.82) is 0 Å². The van der Waals surface area contributed by atoms with Crippen LogP contribution in [0.2, 0.25) is 0 Å². The summed E-state index contributed by atoms with van der Waals surface area (Å²) in [6.45, 7) is 9.42. The van der Waals surface area contributed by atoms with E-state index in [9.17, 15) is 9.59 Å². The number of hydrogen-bond acceptors (Lipinski definition) is 3. The molecular formula is C16H21NO3. The zero-order chi connectivity index (χ0) is 15.3. The van der Waals surface area contributed by atoms with E-state index in [4.69, 9.17) is 4.74 Å². The minimum atomic E-state index is -0.703. The fraction of sp³-hybridized carbons (Fsp3) is 0.375. The Hall–Kier alpha value is -2.10. The van der Waals surface area contributed by atoms with E-state index in [-0.39, 0.29) is 5.91 Å². The molecule has 1 atom stereocenters. The van der Waals surface area contributed by atoms with Crippen molar-refractivity contribution in [3.8, 4) is 0 Å². The van der Waals surface area contributed by atoms with Crippen LogP contribution in [0.5, 0.6) is 0 Å². The maximum absolute atomic E-state index is 12.2. The molecule has 0 aliphatic rings. The number of carbonyl (C=O) groups is 2. The molecule has 20 heavy (non-hydrogen) atoms. The van der Waals surface area contributed by atoms with Crippen LogP contribution < -0.4 is 5.32 Å². The largest absolute Gasteiger partial charge is 0.467 e. The molecule has 0 aliphatic carbocycles. The molecular weight excluding hydrogens is 254 g/mol. The van der Waals surface area contributed by atoms with Crippen LogP contribution in [0.1, 0.15) is 34.8 Å². The number of benzene rings is 1. The van der Waals surface area contributed by atoms with Gasteiger partial charge in [0.1, 0.15) is 6.04 Å². The Bertz CT molecular complexity index is 514. The lowest BCUT2D eigenvalue weighted by Crippen LogP contribution is -2.41. The van der Waals surface area contributed by atoms with Gasteiger partial charge in [-0.1, -0.05) is 22.8 Å². The first-order valence-electron chi connectivity index (χ1n) is 6.45. The van der Waals surface area contributed by atoms with Crippen LogP contribution in [0.15, 0.2) is 30.4 Å². The standard InChI is InChI=1S/C16H21NO3/c1-10(2)6-14(16(19)20-5)17-15(18)13-8-11(3)7-12(4)9-13/h7-9,14H,1,6H2,2-5H3,(H,17,18)/t14-/m0/s1. The first-order valence-corrected chi connectivity index (χ1v) is 6.45. The number of amides is 1. The van der Waals surface area contributed by atoms with Crippen molar-refractivity contribution in [2.24, 2.45) is 0 Å². The Morgan fingerprint density at radius 3 is 2.25 bits per heavy atom. The molecule has 108 valence electrons. The number of rotatable bonds is 5. The maximum atomic E-state index is 12.2. The Labute approximate surface area is 119 Å². The summed E-state index contributed by atoms with van der Waals surface area (Å²) in [5.74, 6) is -0.751. The van der Waals surface area contributed by atoms with Crippen molar-refractivity contribution in [2.75, 3.05) is 7.11 Å². The number of hydrogen-bond donors (Lipinski definition) is 1. The predicted molar refractivity (Wildman–Crippen MR) is 78.6 cm³/mol.